The molecule has 9 heteroatoms. The average Bonchev–Trinajstić information content (AvgIpc) is 2.75. The minimum absolute atomic E-state index is 0.0519. The summed E-state index contributed by atoms with van der Waals surface area (Å²) in [6.45, 7) is 2.68. The molecule has 30 heavy (non-hydrogen) atoms. The van der Waals surface area contributed by atoms with Gasteiger partial charge < -0.3 is 14.4 Å². The number of piperidine rings is 1. The van der Waals surface area contributed by atoms with Crippen molar-refractivity contribution in [1.29, 1.82) is 0 Å². The van der Waals surface area contributed by atoms with E-state index < -0.39 is 28.7 Å². The largest absolute Gasteiger partial charge is 0.465 e. The number of carbonyl (C=O) groups is 2. The van der Waals surface area contributed by atoms with E-state index in [0.29, 0.717) is 25.1 Å². The van der Waals surface area contributed by atoms with Gasteiger partial charge in [0.25, 0.3) is 11.5 Å². The van der Waals surface area contributed by atoms with Crippen molar-refractivity contribution < 1.29 is 23.5 Å². The zero-order chi connectivity index (χ0) is 21.7. The number of amides is 1. The lowest BCUT2D eigenvalue weighted by Crippen LogP contribution is -2.53. The Balaban J connectivity index is 1.88. The van der Waals surface area contributed by atoms with Gasteiger partial charge in [-0.15, -0.1) is 0 Å². The van der Waals surface area contributed by atoms with Gasteiger partial charge in [-0.25, -0.2) is 4.39 Å². The van der Waals surface area contributed by atoms with Crippen molar-refractivity contribution in [2.24, 2.45) is 5.41 Å². The van der Waals surface area contributed by atoms with Crippen LogP contribution in [0, 0.1) is 11.2 Å². The summed E-state index contributed by atoms with van der Waals surface area (Å²) in [5.74, 6) is -1.25. The molecule has 2 heterocycles. The Labute approximate surface area is 173 Å². The van der Waals surface area contributed by atoms with Gasteiger partial charge in [0, 0.05) is 26.3 Å². The molecule has 1 aliphatic heterocycles. The van der Waals surface area contributed by atoms with Crippen LogP contribution in [0.4, 0.5) is 4.39 Å². The van der Waals surface area contributed by atoms with Crippen LogP contribution in [-0.4, -0.2) is 60.0 Å². The van der Waals surface area contributed by atoms with Crippen LogP contribution in [0.25, 0.3) is 5.69 Å². The van der Waals surface area contributed by atoms with E-state index in [9.17, 15) is 18.8 Å². The van der Waals surface area contributed by atoms with Gasteiger partial charge in [-0.2, -0.15) is 9.78 Å². The second-order valence-corrected chi connectivity index (χ2v) is 7.21. The lowest BCUT2D eigenvalue weighted by Gasteiger charge is -2.40. The number of rotatable bonds is 6. The van der Waals surface area contributed by atoms with Gasteiger partial charge in [-0.05, 0) is 50.1 Å². The molecule has 1 fully saturated rings. The fourth-order valence-electron chi connectivity index (χ4n) is 3.66. The van der Waals surface area contributed by atoms with Crippen LogP contribution in [0.2, 0.25) is 0 Å². The molecule has 1 unspecified atom stereocenters. The zero-order valence-corrected chi connectivity index (χ0v) is 17.0. The van der Waals surface area contributed by atoms with Gasteiger partial charge >= 0.3 is 5.97 Å². The molecule has 160 valence electrons. The molecule has 0 radical (unpaired) electrons. The van der Waals surface area contributed by atoms with E-state index in [1.165, 1.54) is 48.4 Å². The van der Waals surface area contributed by atoms with E-state index >= 15 is 0 Å². The minimum Gasteiger partial charge on any atom is -0.465 e. The fraction of sp³-hybridized carbons (Fsp3) is 0.429. The third kappa shape index (κ3) is 4.40. The van der Waals surface area contributed by atoms with Crippen LogP contribution in [0.1, 0.15) is 30.3 Å². The van der Waals surface area contributed by atoms with Crippen molar-refractivity contribution >= 4 is 11.9 Å². The molecular weight excluding hydrogens is 393 g/mol. The maximum atomic E-state index is 13.2. The Morgan fingerprint density at radius 2 is 1.93 bits per heavy atom. The molecule has 2 aromatic rings. The molecule has 0 N–H and O–H groups in total. The predicted octanol–water partition coefficient (Wildman–Crippen LogP) is 1.80. The van der Waals surface area contributed by atoms with Crippen molar-refractivity contribution in [3.8, 4) is 5.69 Å². The molecular formula is C21H24FN3O5. The number of halogens is 1. The molecule has 0 aliphatic carbocycles. The van der Waals surface area contributed by atoms with Crippen molar-refractivity contribution in [3.05, 3.63) is 58.3 Å². The highest BCUT2D eigenvalue weighted by molar-refractivity contribution is 5.93. The molecule has 0 bridgehead atoms. The Hall–Kier alpha value is -3.07. The third-order valence-electron chi connectivity index (χ3n) is 5.08. The number of esters is 1. The normalized spacial score (nSPS) is 18.8. The number of hydrogen-bond donors (Lipinski definition) is 0. The van der Waals surface area contributed by atoms with E-state index in [-0.39, 0.29) is 25.5 Å². The SMILES string of the molecule is CCOC(=O)C1(COC)CCCN(C(=O)c2ccc(=O)n(-c3ccc(F)cc3)n2)C1. The molecule has 1 aliphatic rings. The van der Waals surface area contributed by atoms with Crippen LogP contribution in [0.3, 0.4) is 0 Å². The highest BCUT2D eigenvalue weighted by Crippen LogP contribution is 2.32. The standard InChI is InChI=1S/C21H24FN3O5/c1-3-30-20(28)21(14-29-2)11-4-12-24(13-21)19(27)17-9-10-18(26)25(23-17)16-7-5-15(22)6-8-16/h5-10H,3-4,11-14H2,1-2H3. The van der Waals surface area contributed by atoms with Crippen LogP contribution < -0.4 is 5.56 Å². The maximum absolute atomic E-state index is 13.2. The average molecular weight is 417 g/mol. The first-order valence-electron chi connectivity index (χ1n) is 9.72. The van der Waals surface area contributed by atoms with Crippen molar-refractivity contribution in [2.75, 3.05) is 33.4 Å². The van der Waals surface area contributed by atoms with Gasteiger partial charge in [-0.1, -0.05) is 0 Å². The second kappa shape index (κ2) is 9.17. The number of ether oxygens (including phenoxy) is 2. The fourth-order valence-corrected chi connectivity index (χ4v) is 3.66. The molecule has 1 saturated heterocycles. The Bertz CT molecular complexity index is 971. The Kier molecular flexibility index (Phi) is 6.61. The molecule has 3 rings (SSSR count). The number of hydrogen-bond acceptors (Lipinski definition) is 6. The summed E-state index contributed by atoms with van der Waals surface area (Å²) in [5.41, 5.74) is -0.993. The van der Waals surface area contributed by atoms with Gasteiger partial charge in [-0.3, -0.25) is 14.4 Å². The van der Waals surface area contributed by atoms with E-state index in [1.807, 2.05) is 0 Å². The monoisotopic (exact) mass is 417 g/mol. The van der Waals surface area contributed by atoms with Gasteiger partial charge in [0.1, 0.15) is 16.9 Å². The molecule has 8 nitrogen and oxygen atoms in total. The number of benzene rings is 1. The van der Waals surface area contributed by atoms with Gasteiger partial charge in [0.15, 0.2) is 0 Å². The number of methoxy groups -OCH3 is 1. The number of nitrogens with zero attached hydrogens (tertiary/aromatic N) is 3. The lowest BCUT2D eigenvalue weighted by atomic mass is 9.80. The molecule has 0 saturated carbocycles. The quantitative estimate of drug-likeness (QED) is 0.666. The number of likely N-dealkylation sites (tertiary alicyclic amines) is 1. The van der Waals surface area contributed by atoms with E-state index in [2.05, 4.69) is 5.10 Å². The first-order chi connectivity index (χ1) is 14.4. The van der Waals surface area contributed by atoms with E-state index in [1.54, 1.807) is 6.92 Å². The predicted molar refractivity (Wildman–Crippen MR) is 106 cm³/mol. The number of aromatic nitrogens is 2. The van der Waals surface area contributed by atoms with Crippen molar-refractivity contribution in [2.45, 2.75) is 19.8 Å². The Morgan fingerprint density at radius 1 is 1.20 bits per heavy atom. The summed E-state index contributed by atoms with van der Waals surface area (Å²) >= 11 is 0. The smallest absolute Gasteiger partial charge is 0.316 e. The molecule has 1 aromatic carbocycles. The summed E-state index contributed by atoms with van der Waals surface area (Å²) in [4.78, 5) is 39.4. The summed E-state index contributed by atoms with van der Waals surface area (Å²) < 4.78 is 24.7. The van der Waals surface area contributed by atoms with Crippen molar-refractivity contribution in [1.82, 2.24) is 14.7 Å². The molecule has 1 amide bonds. The second-order valence-electron chi connectivity index (χ2n) is 7.21. The Morgan fingerprint density at radius 3 is 2.60 bits per heavy atom. The van der Waals surface area contributed by atoms with E-state index in [4.69, 9.17) is 9.47 Å². The summed E-state index contributed by atoms with van der Waals surface area (Å²) in [5, 5.41) is 4.17. The summed E-state index contributed by atoms with van der Waals surface area (Å²) in [7, 11) is 1.50. The van der Waals surface area contributed by atoms with Crippen LogP contribution >= 0.6 is 0 Å². The van der Waals surface area contributed by atoms with Crippen LogP contribution in [0.5, 0.6) is 0 Å². The highest BCUT2D eigenvalue weighted by Gasteiger charge is 2.45. The minimum atomic E-state index is -0.940. The van der Waals surface area contributed by atoms with Crippen molar-refractivity contribution in [3.63, 3.8) is 0 Å². The first-order valence-corrected chi connectivity index (χ1v) is 9.72. The van der Waals surface area contributed by atoms with Gasteiger partial charge in [0.05, 0.1) is 18.9 Å². The zero-order valence-electron chi connectivity index (χ0n) is 17.0. The molecule has 1 aromatic heterocycles. The maximum Gasteiger partial charge on any atom is 0.316 e. The first kappa shape index (κ1) is 21.6. The number of carbonyl (C=O) groups excluding carboxylic acids is 2. The van der Waals surface area contributed by atoms with Gasteiger partial charge in [0.2, 0.25) is 0 Å². The molecule has 0 spiro atoms. The topological polar surface area (TPSA) is 90.7 Å². The summed E-state index contributed by atoms with van der Waals surface area (Å²) in [6, 6.07) is 7.82. The van der Waals surface area contributed by atoms with Crippen LogP contribution in [-0.2, 0) is 14.3 Å². The third-order valence-corrected chi connectivity index (χ3v) is 5.08. The van der Waals surface area contributed by atoms with Crippen LogP contribution in [0.15, 0.2) is 41.2 Å². The molecule has 1 atom stereocenters. The lowest BCUT2D eigenvalue weighted by molar-refractivity contribution is -0.162. The summed E-state index contributed by atoms with van der Waals surface area (Å²) in [6.07, 6.45) is 1.15. The highest BCUT2D eigenvalue weighted by atomic mass is 19.1. The van der Waals surface area contributed by atoms with E-state index in [0.717, 1.165) is 4.68 Å².